The van der Waals surface area contributed by atoms with Crippen LogP contribution in [0.25, 0.3) is 0 Å². The highest BCUT2D eigenvalue weighted by Crippen LogP contribution is 2.28. The van der Waals surface area contributed by atoms with Crippen LogP contribution in [0.3, 0.4) is 0 Å². The van der Waals surface area contributed by atoms with Crippen molar-refractivity contribution < 1.29 is 9.47 Å². The summed E-state index contributed by atoms with van der Waals surface area (Å²) >= 11 is 0. The van der Waals surface area contributed by atoms with Crippen LogP contribution in [0.2, 0.25) is 0 Å². The molecule has 0 atom stereocenters. The van der Waals surface area contributed by atoms with Gasteiger partial charge in [-0.25, -0.2) is 4.99 Å². The Morgan fingerprint density at radius 2 is 2.00 bits per heavy atom. The molecule has 0 saturated heterocycles. The summed E-state index contributed by atoms with van der Waals surface area (Å²) in [5.41, 5.74) is 11.6. The highest BCUT2D eigenvalue weighted by molar-refractivity contribution is 5.75. The Labute approximate surface area is 114 Å². The van der Waals surface area contributed by atoms with E-state index < -0.39 is 0 Å². The average Bonchev–Trinajstić information content (AvgIpc) is 2.36. The molecule has 0 aliphatic rings. The van der Waals surface area contributed by atoms with Gasteiger partial charge in [-0.3, -0.25) is 0 Å². The van der Waals surface area contributed by atoms with Gasteiger partial charge >= 0.3 is 0 Å². The van der Waals surface area contributed by atoms with E-state index in [0.717, 1.165) is 17.7 Å². The number of hydrogen-bond acceptors (Lipinski definition) is 3. The van der Waals surface area contributed by atoms with Gasteiger partial charge < -0.3 is 20.9 Å². The van der Waals surface area contributed by atoms with E-state index in [4.69, 9.17) is 20.9 Å². The third-order valence-electron chi connectivity index (χ3n) is 2.63. The van der Waals surface area contributed by atoms with Crippen LogP contribution in [0.5, 0.6) is 11.5 Å². The molecule has 5 nitrogen and oxygen atoms in total. The molecule has 0 heterocycles. The van der Waals surface area contributed by atoms with Crippen molar-refractivity contribution in [2.24, 2.45) is 22.4 Å². The van der Waals surface area contributed by atoms with Gasteiger partial charge in [0.1, 0.15) is 0 Å². The minimum atomic E-state index is 0.0798. The number of hydrogen-bond donors (Lipinski definition) is 2. The number of nitrogens with zero attached hydrogens (tertiary/aromatic N) is 1. The molecule has 0 amide bonds. The van der Waals surface area contributed by atoms with Gasteiger partial charge in [0.25, 0.3) is 0 Å². The Hall–Kier alpha value is -1.91. The lowest BCUT2D eigenvalue weighted by Gasteiger charge is -2.12. The van der Waals surface area contributed by atoms with E-state index in [2.05, 4.69) is 18.8 Å². The molecule has 0 fully saturated rings. The first kappa shape index (κ1) is 15.1. The molecule has 1 rings (SSSR count). The molecule has 0 saturated carbocycles. The molecule has 0 aliphatic carbocycles. The van der Waals surface area contributed by atoms with Crippen molar-refractivity contribution in [3.05, 3.63) is 23.8 Å². The Kier molecular flexibility index (Phi) is 5.99. The fraction of sp³-hybridized carbons (Fsp3) is 0.500. The molecular weight excluding hydrogens is 242 g/mol. The summed E-state index contributed by atoms with van der Waals surface area (Å²) in [6, 6.07) is 5.70. The molecule has 106 valence electrons. The highest BCUT2D eigenvalue weighted by Gasteiger charge is 2.06. The molecule has 0 bridgehead atoms. The van der Waals surface area contributed by atoms with Crippen molar-refractivity contribution in [1.82, 2.24) is 0 Å². The summed E-state index contributed by atoms with van der Waals surface area (Å²) < 4.78 is 11.0. The normalized spacial score (nSPS) is 10.3. The first-order valence-corrected chi connectivity index (χ1v) is 6.38. The third kappa shape index (κ3) is 5.50. The van der Waals surface area contributed by atoms with Crippen LogP contribution in [0.15, 0.2) is 23.2 Å². The van der Waals surface area contributed by atoms with E-state index in [9.17, 15) is 0 Å². The maximum atomic E-state index is 5.71. The van der Waals surface area contributed by atoms with Crippen molar-refractivity contribution >= 4 is 5.96 Å². The number of nitrogens with two attached hydrogens (primary N) is 2. The second kappa shape index (κ2) is 7.51. The first-order chi connectivity index (χ1) is 9.02. The van der Waals surface area contributed by atoms with Crippen molar-refractivity contribution in [3.63, 3.8) is 0 Å². The number of methoxy groups -OCH3 is 1. The Bertz CT molecular complexity index is 427. The largest absolute Gasteiger partial charge is 0.493 e. The predicted molar refractivity (Wildman–Crippen MR) is 77.5 cm³/mol. The molecule has 19 heavy (non-hydrogen) atoms. The van der Waals surface area contributed by atoms with E-state index in [1.807, 2.05) is 18.2 Å². The number of benzene rings is 1. The average molecular weight is 265 g/mol. The van der Waals surface area contributed by atoms with Crippen LogP contribution in [0.1, 0.15) is 25.8 Å². The van der Waals surface area contributed by atoms with E-state index in [-0.39, 0.29) is 5.96 Å². The number of rotatable bonds is 7. The fourth-order valence-electron chi connectivity index (χ4n) is 1.52. The first-order valence-electron chi connectivity index (χ1n) is 6.38. The highest BCUT2D eigenvalue weighted by atomic mass is 16.5. The molecule has 0 unspecified atom stereocenters. The van der Waals surface area contributed by atoms with E-state index in [1.54, 1.807) is 7.11 Å². The van der Waals surface area contributed by atoms with E-state index in [1.165, 1.54) is 0 Å². The maximum absolute atomic E-state index is 5.71. The molecule has 1 aromatic carbocycles. The summed E-state index contributed by atoms with van der Waals surface area (Å²) in [7, 11) is 1.62. The standard InChI is InChI=1S/C14H23N3O2/c1-10(2)6-7-19-12-5-4-11(8-13(12)18-3)9-17-14(15)16/h4-5,8,10H,6-7,9H2,1-3H3,(H4,15,16,17). The monoisotopic (exact) mass is 265 g/mol. The number of guanidine groups is 1. The van der Waals surface area contributed by atoms with Gasteiger partial charge in [0, 0.05) is 0 Å². The summed E-state index contributed by atoms with van der Waals surface area (Å²) in [6.07, 6.45) is 1.01. The predicted octanol–water partition coefficient (Wildman–Crippen LogP) is 1.89. The summed E-state index contributed by atoms with van der Waals surface area (Å²) in [6.45, 7) is 5.45. The molecule has 1 aromatic rings. The molecule has 0 aromatic heterocycles. The van der Waals surface area contributed by atoms with Gasteiger partial charge in [-0.05, 0) is 30.0 Å². The van der Waals surface area contributed by atoms with Gasteiger partial charge in [0.05, 0.1) is 20.3 Å². The Balaban J connectivity index is 2.70. The number of ether oxygens (including phenoxy) is 2. The Morgan fingerprint density at radius 3 is 2.58 bits per heavy atom. The summed E-state index contributed by atoms with van der Waals surface area (Å²) in [5, 5.41) is 0. The van der Waals surface area contributed by atoms with Crippen LogP contribution in [-0.4, -0.2) is 19.7 Å². The van der Waals surface area contributed by atoms with E-state index in [0.29, 0.717) is 24.8 Å². The number of aliphatic imine (C=N–C) groups is 1. The SMILES string of the molecule is COc1cc(CN=C(N)N)ccc1OCCC(C)C. The fourth-order valence-corrected chi connectivity index (χ4v) is 1.52. The van der Waals surface area contributed by atoms with E-state index >= 15 is 0 Å². The van der Waals surface area contributed by atoms with Crippen LogP contribution >= 0.6 is 0 Å². The maximum Gasteiger partial charge on any atom is 0.186 e. The van der Waals surface area contributed by atoms with Gasteiger partial charge in [0.15, 0.2) is 17.5 Å². The molecule has 0 aliphatic heterocycles. The van der Waals surface area contributed by atoms with Gasteiger partial charge in [-0.1, -0.05) is 19.9 Å². The topological polar surface area (TPSA) is 82.9 Å². The molecular formula is C14H23N3O2. The third-order valence-corrected chi connectivity index (χ3v) is 2.63. The zero-order chi connectivity index (χ0) is 14.3. The second-order valence-corrected chi connectivity index (χ2v) is 4.76. The minimum absolute atomic E-state index is 0.0798. The minimum Gasteiger partial charge on any atom is -0.493 e. The zero-order valence-electron chi connectivity index (χ0n) is 11.8. The smallest absolute Gasteiger partial charge is 0.186 e. The lowest BCUT2D eigenvalue weighted by molar-refractivity contribution is 0.273. The summed E-state index contributed by atoms with van der Waals surface area (Å²) in [4.78, 5) is 3.96. The molecule has 0 radical (unpaired) electrons. The molecule has 4 N–H and O–H groups in total. The van der Waals surface area contributed by atoms with Crippen molar-refractivity contribution in [3.8, 4) is 11.5 Å². The van der Waals surface area contributed by atoms with Gasteiger partial charge in [-0.15, -0.1) is 0 Å². The summed E-state index contributed by atoms with van der Waals surface area (Å²) in [5.74, 6) is 2.15. The quantitative estimate of drug-likeness (QED) is 0.582. The van der Waals surface area contributed by atoms with Crippen LogP contribution in [0, 0.1) is 5.92 Å². The van der Waals surface area contributed by atoms with Crippen LogP contribution in [-0.2, 0) is 6.54 Å². The lowest BCUT2D eigenvalue weighted by Crippen LogP contribution is -2.22. The lowest BCUT2D eigenvalue weighted by atomic mass is 10.1. The van der Waals surface area contributed by atoms with Crippen LogP contribution in [0.4, 0.5) is 0 Å². The molecule has 5 heteroatoms. The van der Waals surface area contributed by atoms with Crippen molar-refractivity contribution in [1.29, 1.82) is 0 Å². The molecule has 0 spiro atoms. The Morgan fingerprint density at radius 1 is 1.26 bits per heavy atom. The van der Waals surface area contributed by atoms with Crippen molar-refractivity contribution in [2.45, 2.75) is 26.8 Å². The second-order valence-electron chi connectivity index (χ2n) is 4.76. The van der Waals surface area contributed by atoms with Gasteiger partial charge in [-0.2, -0.15) is 0 Å². The van der Waals surface area contributed by atoms with Gasteiger partial charge in [0.2, 0.25) is 0 Å². The van der Waals surface area contributed by atoms with Crippen LogP contribution < -0.4 is 20.9 Å². The zero-order valence-corrected chi connectivity index (χ0v) is 11.8. The van der Waals surface area contributed by atoms with Crippen molar-refractivity contribution in [2.75, 3.05) is 13.7 Å².